The average molecular weight is 425 g/mol. The number of halogens is 4. The predicted molar refractivity (Wildman–Crippen MR) is 102 cm³/mol. The Bertz CT molecular complexity index is 1200. The van der Waals surface area contributed by atoms with Crippen molar-refractivity contribution >= 4 is 11.6 Å². The minimum atomic E-state index is -4.81. The quantitative estimate of drug-likeness (QED) is 0.684. The van der Waals surface area contributed by atoms with Crippen LogP contribution in [-0.2, 0) is 26.1 Å². The molecule has 0 bridgehead atoms. The van der Waals surface area contributed by atoms with Crippen LogP contribution in [0.5, 0.6) is 0 Å². The topological polar surface area (TPSA) is 72.7 Å². The highest BCUT2D eigenvalue weighted by atomic mass is 35.5. The van der Waals surface area contributed by atoms with Gasteiger partial charge in [0.05, 0.1) is 16.4 Å². The van der Waals surface area contributed by atoms with Crippen molar-refractivity contribution in [2.45, 2.75) is 31.9 Å². The van der Waals surface area contributed by atoms with Crippen LogP contribution in [0.15, 0.2) is 33.9 Å². The number of aryl methyl sites for hydroxylation is 2. The standard InChI is InChI=1S/C19H16ClF3N4O2/c1-26-15(19(21,22)23)9-16(28)27(18(26)29)10-6-7-12(20)11(8-10)17-24-13-4-2-3-5-14(13)25-17/h6-9H,2-5H2,1H3,(H,24,25). The highest BCUT2D eigenvalue weighted by molar-refractivity contribution is 6.33. The molecule has 0 amide bonds. The summed E-state index contributed by atoms with van der Waals surface area (Å²) in [5, 5.41) is 0.344. The third kappa shape index (κ3) is 3.39. The fourth-order valence-corrected chi connectivity index (χ4v) is 3.76. The molecule has 1 aromatic carbocycles. The normalized spacial score (nSPS) is 14.1. The number of hydrogen-bond donors (Lipinski definition) is 1. The second-order valence-corrected chi connectivity index (χ2v) is 7.33. The molecule has 0 saturated carbocycles. The van der Waals surface area contributed by atoms with Gasteiger partial charge in [0.25, 0.3) is 5.56 Å². The van der Waals surface area contributed by atoms with Crippen LogP contribution in [-0.4, -0.2) is 19.1 Å². The van der Waals surface area contributed by atoms with Crippen LogP contribution in [0.2, 0.25) is 5.02 Å². The minimum absolute atomic E-state index is 0.109. The van der Waals surface area contributed by atoms with Gasteiger partial charge in [-0.25, -0.2) is 14.3 Å². The van der Waals surface area contributed by atoms with Gasteiger partial charge in [-0.05, 0) is 43.9 Å². The maximum atomic E-state index is 13.1. The van der Waals surface area contributed by atoms with E-state index < -0.39 is 23.1 Å². The molecular formula is C19H16ClF3N4O2. The zero-order valence-electron chi connectivity index (χ0n) is 15.3. The summed E-state index contributed by atoms with van der Waals surface area (Å²) in [7, 11) is 0.971. The molecule has 0 fully saturated rings. The fourth-order valence-electron chi connectivity index (χ4n) is 3.55. The van der Waals surface area contributed by atoms with Crippen molar-refractivity contribution in [3.8, 4) is 17.1 Å². The number of H-pyrrole nitrogens is 1. The third-order valence-corrected chi connectivity index (χ3v) is 5.36. The van der Waals surface area contributed by atoms with Crippen molar-refractivity contribution < 1.29 is 13.2 Å². The van der Waals surface area contributed by atoms with Gasteiger partial charge in [-0.15, -0.1) is 0 Å². The van der Waals surface area contributed by atoms with Gasteiger partial charge in [0, 0.05) is 24.4 Å². The zero-order chi connectivity index (χ0) is 20.9. The molecule has 0 radical (unpaired) electrons. The lowest BCUT2D eigenvalue weighted by atomic mass is 10.0. The molecular weight excluding hydrogens is 409 g/mol. The Balaban J connectivity index is 1.87. The molecule has 0 unspecified atom stereocenters. The molecule has 2 heterocycles. The summed E-state index contributed by atoms with van der Waals surface area (Å²) in [5.74, 6) is 0.500. The van der Waals surface area contributed by atoms with E-state index in [1.807, 2.05) is 0 Å². The number of rotatable bonds is 2. The SMILES string of the molecule is Cn1c(C(F)(F)F)cc(=O)n(-c2ccc(Cl)c(-c3nc4c([nH]3)CCCC4)c2)c1=O. The summed E-state index contributed by atoms with van der Waals surface area (Å²) in [6.45, 7) is 0. The van der Waals surface area contributed by atoms with E-state index in [1.54, 1.807) is 0 Å². The number of alkyl halides is 3. The monoisotopic (exact) mass is 424 g/mol. The molecule has 152 valence electrons. The molecule has 3 aromatic rings. The molecule has 0 aliphatic heterocycles. The van der Waals surface area contributed by atoms with Crippen LogP contribution in [0.4, 0.5) is 13.2 Å². The molecule has 1 aliphatic carbocycles. The van der Waals surface area contributed by atoms with Crippen molar-refractivity contribution in [2.75, 3.05) is 0 Å². The van der Waals surface area contributed by atoms with E-state index in [9.17, 15) is 22.8 Å². The Kier molecular flexibility index (Phi) is 4.65. The lowest BCUT2D eigenvalue weighted by Gasteiger charge is -2.14. The first kappa shape index (κ1) is 19.5. The van der Waals surface area contributed by atoms with E-state index in [2.05, 4.69) is 9.97 Å². The highest BCUT2D eigenvalue weighted by Gasteiger charge is 2.35. The van der Waals surface area contributed by atoms with Gasteiger partial charge in [-0.1, -0.05) is 11.6 Å². The Morgan fingerprint density at radius 1 is 1.14 bits per heavy atom. The second-order valence-electron chi connectivity index (χ2n) is 6.92. The molecule has 4 rings (SSSR count). The first-order valence-corrected chi connectivity index (χ1v) is 9.33. The summed E-state index contributed by atoms with van der Waals surface area (Å²) < 4.78 is 40.3. The van der Waals surface area contributed by atoms with Gasteiger partial charge in [-0.3, -0.25) is 9.36 Å². The lowest BCUT2D eigenvalue weighted by Crippen LogP contribution is -2.40. The van der Waals surface area contributed by atoms with Crippen molar-refractivity contribution in [3.63, 3.8) is 0 Å². The van der Waals surface area contributed by atoms with Crippen LogP contribution in [0.1, 0.15) is 29.9 Å². The number of nitrogens with one attached hydrogen (secondary N) is 1. The molecule has 1 N–H and O–H groups in total. The van der Waals surface area contributed by atoms with Crippen molar-refractivity contribution in [2.24, 2.45) is 7.05 Å². The smallest absolute Gasteiger partial charge is 0.342 e. The number of fused-ring (bicyclic) bond motifs is 1. The zero-order valence-corrected chi connectivity index (χ0v) is 16.1. The van der Waals surface area contributed by atoms with Gasteiger partial charge < -0.3 is 4.98 Å². The average Bonchev–Trinajstić information content (AvgIpc) is 3.09. The van der Waals surface area contributed by atoms with Crippen LogP contribution in [0.3, 0.4) is 0 Å². The Morgan fingerprint density at radius 3 is 2.55 bits per heavy atom. The molecule has 2 aromatic heterocycles. The Morgan fingerprint density at radius 2 is 1.86 bits per heavy atom. The van der Waals surface area contributed by atoms with Gasteiger partial charge in [0.15, 0.2) is 0 Å². The van der Waals surface area contributed by atoms with Crippen LogP contribution in [0.25, 0.3) is 17.1 Å². The van der Waals surface area contributed by atoms with E-state index in [1.165, 1.54) is 18.2 Å². The number of nitrogens with zero attached hydrogens (tertiary/aromatic N) is 3. The molecule has 10 heteroatoms. The van der Waals surface area contributed by atoms with E-state index in [-0.39, 0.29) is 5.69 Å². The number of benzene rings is 1. The van der Waals surface area contributed by atoms with Crippen LogP contribution < -0.4 is 11.2 Å². The Hall–Kier alpha value is -2.81. The molecule has 0 saturated heterocycles. The van der Waals surface area contributed by atoms with Gasteiger partial charge in [0.1, 0.15) is 11.5 Å². The number of aromatic nitrogens is 4. The predicted octanol–water partition coefficient (Wildman–Crippen LogP) is 3.48. The van der Waals surface area contributed by atoms with Crippen molar-refractivity contribution in [3.05, 3.63) is 67.2 Å². The molecule has 1 aliphatic rings. The summed E-state index contributed by atoms with van der Waals surface area (Å²) in [5.41, 5.74) is -0.933. The Labute approximate surface area is 167 Å². The van der Waals surface area contributed by atoms with Crippen molar-refractivity contribution in [1.82, 2.24) is 19.1 Å². The molecule has 0 atom stereocenters. The first-order chi connectivity index (χ1) is 13.7. The molecule has 0 spiro atoms. The summed E-state index contributed by atoms with van der Waals surface area (Å²) in [4.78, 5) is 32.7. The first-order valence-electron chi connectivity index (χ1n) is 8.95. The highest BCUT2D eigenvalue weighted by Crippen LogP contribution is 2.31. The van der Waals surface area contributed by atoms with Crippen LogP contribution >= 0.6 is 11.6 Å². The summed E-state index contributed by atoms with van der Waals surface area (Å²) in [6, 6.07) is 4.77. The fraction of sp³-hybridized carbons (Fsp3) is 0.316. The van der Waals surface area contributed by atoms with E-state index in [4.69, 9.17) is 11.6 Å². The summed E-state index contributed by atoms with van der Waals surface area (Å²) in [6.07, 6.45) is -0.993. The van der Waals surface area contributed by atoms with Gasteiger partial charge in [0.2, 0.25) is 0 Å². The summed E-state index contributed by atoms with van der Waals surface area (Å²) >= 11 is 6.30. The van der Waals surface area contributed by atoms with Crippen molar-refractivity contribution in [1.29, 1.82) is 0 Å². The lowest BCUT2D eigenvalue weighted by molar-refractivity contribution is -0.144. The number of hydrogen-bond acceptors (Lipinski definition) is 3. The van der Waals surface area contributed by atoms with E-state index in [0.717, 1.165) is 44.1 Å². The maximum Gasteiger partial charge on any atom is 0.431 e. The second kappa shape index (κ2) is 6.91. The van der Waals surface area contributed by atoms with E-state index >= 15 is 0 Å². The third-order valence-electron chi connectivity index (χ3n) is 5.03. The van der Waals surface area contributed by atoms with Gasteiger partial charge >= 0.3 is 11.9 Å². The molecule has 29 heavy (non-hydrogen) atoms. The van der Waals surface area contributed by atoms with E-state index in [0.29, 0.717) is 31.6 Å². The maximum absolute atomic E-state index is 13.1. The molecule has 6 nitrogen and oxygen atoms in total. The number of aromatic amines is 1. The number of imidazole rings is 1. The van der Waals surface area contributed by atoms with Gasteiger partial charge in [-0.2, -0.15) is 13.2 Å². The minimum Gasteiger partial charge on any atom is -0.342 e. The van der Waals surface area contributed by atoms with Crippen LogP contribution in [0, 0.1) is 0 Å². The largest absolute Gasteiger partial charge is 0.431 e.